The zero-order valence-electron chi connectivity index (χ0n) is 11.4. The Kier molecular flexibility index (Phi) is 3.44. The number of carbonyl (C=O) groups excluding carboxylic acids is 1. The fraction of sp³-hybridized carbons (Fsp3) is 0.533. The number of anilines is 1. The van der Waals surface area contributed by atoms with Gasteiger partial charge in [-0.15, -0.1) is 0 Å². The minimum atomic E-state index is -0.779. The van der Waals surface area contributed by atoms with Crippen LogP contribution in [0.1, 0.15) is 39.2 Å². The van der Waals surface area contributed by atoms with Gasteiger partial charge >= 0.3 is 0 Å². The van der Waals surface area contributed by atoms with Gasteiger partial charge < -0.3 is 10.6 Å². The van der Waals surface area contributed by atoms with Gasteiger partial charge in [0.25, 0.3) is 0 Å². The van der Waals surface area contributed by atoms with E-state index in [4.69, 9.17) is 5.73 Å². The Morgan fingerprint density at radius 1 is 1.50 bits per heavy atom. The third kappa shape index (κ3) is 2.15. The third-order valence-electron chi connectivity index (χ3n) is 3.97. The Labute approximate surface area is 109 Å². The van der Waals surface area contributed by atoms with Crippen LogP contribution in [0.25, 0.3) is 0 Å². The molecule has 0 aromatic heterocycles. The Bertz CT molecular complexity index is 454. The molecule has 2 atom stereocenters. The lowest BCUT2D eigenvalue weighted by atomic mass is 9.92. The molecule has 3 heteroatoms. The summed E-state index contributed by atoms with van der Waals surface area (Å²) in [5.74, 6) is 0.0321. The van der Waals surface area contributed by atoms with Gasteiger partial charge in [0, 0.05) is 11.7 Å². The molecule has 1 amide bonds. The summed E-state index contributed by atoms with van der Waals surface area (Å²) in [6, 6.07) is 8.35. The molecule has 1 aliphatic heterocycles. The summed E-state index contributed by atoms with van der Waals surface area (Å²) in [6.45, 7) is 5.87. The summed E-state index contributed by atoms with van der Waals surface area (Å²) in [7, 11) is 0. The van der Waals surface area contributed by atoms with Crippen molar-refractivity contribution >= 4 is 11.6 Å². The van der Waals surface area contributed by atoms with E-state index in [1.807, 2.05) is 36.9 Å². The van der Waals surface area contributed by atoms with Gasteiger partial charge in [-0.05, 0) is 44.7 Å². The molecule has 2 rings (SSSR count). The number of hydrogen-bond acceptors (Lipinski definition) is 2. The SMILES string of the molecule is CCC(C)(N)C(=O)N1c2ccccc2CCC1C. The van der Waals surface area contributed by atoms with Crippen LogP contribution >= 0.6 is 0 Å². The fourth-order valence-corrected chi connectivity index (χ4v) is 2.42. The number of nitrogens with zero attached hydrogens (tertiary/aromatic N) is 1. The summed E-state index contributed by atoms with van der Waals surface area (Å²) in [6.07, 6.45) is 2.69. The maximum Gasteiger partial charge on any atom is 0.247 e. The predicted molar refractivity (Wildman–Crippen MR) is 74.6 cm³/mol. The minimum absolute atomic E-state index is 0.0321. The Morgan fingerprint density at radius 3 is 2.83 bits per heavy atom. The van der Waals surface area contributed by atoms with E-state index in [1.54, 1.807) is 0 Å². The lowest BCUT2D eigenvalue weighted by Crippen LogP contribution is -2.56. The van der Waals surface area contributed by atoms with Crippen molar-refractivity contribution in [1.29, 1.82) is 0 Å². The van der Waals surface area contributed by atoms with E-state index in [-0.39, 0.29) is 11.9 Å². The summed E-state index contributed by atoms with van der Waals surface area (Å²) in [5.41, 5.74) is 7.62. The van der Waals surface area contributed by atoms with Crippen molar-refractivity contribution in [2.45, 2.75) is 51.6 Å². The van der Waals surface area contributed by atoms with Crippen LogP contribution in [0.3, 0.4) is 0 Å². The fourth-order valence-electron chi connectivity index (χ4n) is 2.42. The van der Waals surface area contributed by atoms with Crippen molar-refractivity contribution in [2.75, 3.05) is 4.90 Å². The molecule has 0 radical (unpaired) electrons. The molecular weight excluding hydrogens is 224 g/mol. The minimum Gasteiger partial charge on any atom is -0.318 e. The highest BCUT2D eigenvalue weighted by Gasteiger charge is 2.36. The quantitative estimate of drug-likeness (QED) is 0.871. The average Bonchev–Trinajstić information content (AvgIpc) is 2.38. The monoisotopic (exact) mass is 246 g/mol. The van der Waals surface area contributed by atoms with Crippen molar-refractivity contribution in [3.8, 4) is 0 Å². The molecule has 0 spiro atoms. The van der Waals surface area contributed by atoms with Crippen LogP contribution in [0.5, 0.6) is 0 Å². The van der Waals surface area contributed by atoms with Gasteiger partial charge in [-0.1, -0.05) is 25.1 Å². The molecule has 0 saturated carbocycles. The first-order chi connectivity index (χ1) is 8.47. The molecule has 2 unspecified atom stereocenters. The Morgan fingerprint density at radius 2 is 2.17 bits per heavy atom. The zero-order chi connectivity index (χ0) is 13.3. The molecule has 0 bridgehead atoms. The number of amides is 1. The number of para-hydroxylation sites is 1. The molecule has 1 aliphatic rings. The lowest BCUT2D eigenvalue weighted by Gasteiger charge is -2.39. The van der Waals surface area contributed by atoms with Crippen molar-refractivity contribution in [2.24, 2.45) is 5.73 Å². The van der Waals surface area contributed by atoms with Gasteiger partial charge in [0.1, 0.15) is 0 Å². The van der Waals surface area contributed by atoms with E-state index in [0.717, 1.165) is 18.5 Å². The number of aryl methyl sites for hydroxylation is 1. The van der Waals surface area contributed by atoms with Crippen LogP contribution < -0.4 is 10.6 Å². The number of hydrogen-bond donors (Lipinski definition) is 1. The molecule has 0 aliphatic carbocycles. The lowest BCUT2D eigenvalue weighted by molar-refractivity contribution is -0.123. The second-order valence-corrected chi connectivity index (χ2v) is 5.46. The third-order valence-corrected chi connectivity index (χ3v) is 3.97. The van der Waals surface area contributed by atoms with Gasteiger partial charge in [0.2, 0.25) is 5.91 Å². The van der Waals surface area contributed by atoms with Crippen molar-refractivity contribution in [3.63, 3.8) is 0 Å². The number of benzene rings is 1. The summed E-state index contributed by atoms with van der Waals surface area (Å²) < 4.78 is 0. The van der Waals surface area contributed by atoms with Crippen LogP contribution in [-0.2, 0) is 11.2 Å². The van der Waals surface area contributed by atoms with Crippen molar-refractivity contribution < 1.29 is 4.79 Å². The van der Waals surface area contributed by atoms with E-state index >= 15 is 0 Å². The number of fused-ring (bicyclic) bond motifs is 1. The van der Waals surface area contributed by atoms with Crippen LogP contribution in [0.4, 0.5) is 5.69 Å². The second-order valence-electron chi connectivity index (χ2n) is 5.46. The molecule has 2 N–H and O–H groups in total. The topological polar surface area (TPSA) is 46.3 Å². The molecule has 3 nitrogen and oxygen atoms in total. The highest BCUT2D eigenvalue weighted by Crippen LogP contribution is 2.32. The van der Waals surface area contributed by atoms with Crippen molar-refractivity contribution in [1.82, 2.24) is 0 Å². The normalized spacial score (nSPS) is 22.2. The molecule has 0 saturated heterocycles. The standard InChI is InChI=1S/C15H22N2O/c1-4-15(3,16)14(18)17-11(2)9-10-12-7-5-6-8-13(12)17/h5-8,11H,4,9-10,16H2,1-3H3. The first-order valence-corrected chi connectivity index (χ1v) is 6.68. The predicted octanol–water partition coefficient (Wildman–Crippen LogP) is 2.48. The molecule has 1 aromatic rings. The number of nitrogens with two attached hydrogens (primary N) is 1. The van der Waals surface area contributed by atoms with Crippen LogP contribution in [-0.4, -0.2) is 17.5 Å². The van der Waals surface area contributed by atoms with Crippen LogP contribution in [0.15, 0.2) is 24.3 Å². The maximum absolute atomic E-state index is 12.6. The van der Waals surface area contributed by atoms with Crippen LogP contribution in [0.2, 0.25) is 0 Å². The first kappa shape index (κ1) is 13.1. The van der Waals surface area contributed by atoms with E-state index in [0.29, 0.717) is 6.42 Å². The highest BCUT2D eigenvalue weighted by molar-refractivity contribution is 6.01. The molecule has 18 heavy (non-hydrogen) atoms. The molecule has 1 aromatic carbocycles. The molecular formula is C15H22N2O. The first-order valence-electron chi connectivity index (χ1n) is 6.68. The van der Waals surface area contributed by atoms with Crippen LogP contribution in [0, 0.1) is 0 Å². The van der Waals surface area contributed by atoms with Gasteiger partial charge in [-0.2, -0.15) is 0 Å². The maximum atomic E-state index is 12.6. The smallest absolute Gasteiger partial charge is 0.247 e. The van der Waals surface area contributed by atoms with Gasteiger partial charge in [-0.25, -0.2) is 0 Å². The molecule has 1 heterocycles. The van der Waals surface area contributed by atoms with E-state index < -0.39 is 5.54 Å². The Hall–Kier alpha value is -1.35. The highest BCUT2D eigenvalue weighted by atomic mass is 16.2. The number of rotatable bonds is 2. The zero-order valence-corrected chi connectivity index (χ0v) is 11.4. The number of carbonyl (C=O) groups is 1. The summed E-state index contributed by atoms with van der Waals surface area (Å²) in [4.78, 5) is 14.5. The van der Waals surface area contributed by atoms with Gasteiger partial charge in [-0.3, -0.25) is 4.79 Å². The summed E-state index contributed by atoms with van der Waals surface area (Å²) >= 11 is 0. The molecule has 98 valence electrons. The second kappa shape index (κ2) is 4.73. The average molecular weight is 246 g/mol. The Balaban J connectivity index is 2.41. The van der Waals surface area contributed by atoms with Crippen molar-refractivity contribution in [3.05, 3.63) is 29.8 Å². The van der Waals surface area contributed by atoms with E-state index in [9.17, 15) is 4.79 Å². The molecule has 0 fully saturated rings. The van der Waals surface area contributed by atoms with Gasteiger partial charge in [0.05, 0.1) is 5.54 Å². The van der Waals surface area contributed by atoms with E-state index in [1.165, 1.54) is 5.56 Å². The largest absolute Gasteiger partial charge is 0.318 e. The van der Waals surface area contributed by atoms with E-state index in [2.05, 4.69) is 13.0 Å². The summed E-state index contributed by atoms with van der Waals surface area (Å²) in [5, 5.41) is 0. The van der Waals surface area contributed by atoms with Gasteiger partial charge in [0.15, 0.2) is 0 Å².